The number of ether oxygens (including phenoxy) is 2. The van der Waals surface area contributed by atoms with Crippen LogP contribution < -0.4 is 20.5 Å². The summed E-state index contributed by atoms with van der Waals surface area (Å²) in [6, 6.07) is 3.37. The van der Waals surface area contributed by atoms with Crippen LogP contribution in [-0.4, -0.2) is 25.2 Å². The van der Waals surface area contributed by atoms with Gasteiger partial charge in [-0.3, -0.25) is 4.79 Å². The first-order valence-corrected chi connectivity index (χ1v) is 8.93. The van der Waals surface area contributed by atoms with Crippen LogP contribution in [-0.2, 0) is 4.79 Å². The van der Waals surface area contributed by atoms with Gasteiger partial charge in [-0.15, -0.1) is 0 Å². The number of anilines is 1. The van der Waals surface area contributed by atoms with Crippen molar-refractivity contribution in [1.29, 1.82) is 0 Å². The molecule has 9 heteroatoms. The zero-order valence-electron chi connectivity index (χ0n) is 14.5. The van der Waals surface area contributed by atoms with Crippen LogP contribution in [0.1, 0.15) is 32.1 Å². The predicted octanol–water partition coefficient (Wildman–Crippen LogP) is 3.98. The first-order valence-electron chi connectivity index (χ1n) is 8.93. The van der Waals surface area contributed by atoms with Gasteiger partial charge < -0.3 is 20.5 Å². The smallest absolute Gasteiger partial charge is 0.387 e. The minimum atomic E-state index is -3.17. The maximum absolute atomic E-state index is 12.7. The summed E-state index contributed by atoms with van der Waals surface area (Å²) in [5, 5.41) is 2.59. The van der Waals surface area contributed by atoms with E-state index in [4.69, 9.17) is 5.73 Å². The lowest BCUT2D eigenvalue weighted by atomic mass is 9.65. The van der Waals surface area contributed by atoms with Gasteiger partial charge >= 0.3 is 13.2 Å². The molecule has 2 aliphatic carbocycles. The Hall–Kier alpha value is -2.03. The summed E-state index contributed by atoms with van der Waals surface area (Å²) in [7, 11) is 0. The summed E-state index contributed by atoms with van der Waals surface area (Å²) < 4.78 is 58.5. The fourth-order valence-electron chi connectivity index (χ4n) is 4.21. The molecule has 27 heavy (non-hydrogen) atoms. The van der Waals surface area contributed by atoms with E-state index in [-0.39, 0.29) is 41.1 Å². The molecular formula is C18H22F4N2O3. The molecule has 3 N–H and O–H groups in total. The number of halogens is 4. The number of benzene rings is 1. The minimum Gasteiger partial charge on any atom is -0.435 e. The van der Waals surface area contributed by atoms with Crippen molar-refractivity contribution in [2.45, 2.75) is 51.4 Å². The third-order valence-corrected chi connectivity index (χ3v) is 5.44. The number of amides is 1. The number of nitrogens with two attached hydrogens (primary N) is 1. The number of alkyl halides is 4. The van der Waals surface area contributed by atoms with Gasteiger partial charge in [0.25, 0.3) is 0 Å². The first kappa shape index (κ1) is 19.7. The summed E-state index contributed by atoms with van der Waals surface area (Å²) in [6.07, 6.45) is 4.39. The van der Waals surface area contributed by atoms with Crippen molar-refractivity contribution in [3.8, 4) is 11.5 Å². The molecule has 1 amide bonds. The summed E-state index contributed by atoms with van der Waals surface area (Å²) in [5.41, 5.74) is 6.21. The lowest BCUT2D eigenvalue weighted by Crippen LogP contribution is -2.48. The highest BCUT2D eigenvalue weighted by molar-refractivity contribution is 5.94. The van der Waals surface area contributed by atoms with Crippen molar-refractivity contribution >= 4 is 11.6 Å². The van der Waals surface area contributed by atoms with E-state index in [0.29, 0.717) is 12.8 Å². The number of rotatable bonds is 6. The molecule has 0 saturated heterocycles. The Morgan fingerprint density at radius 1 is 1.07 bits per heavy atom. The van der Waals surface area contributed by atoms with Crippen molar-refractivity contribution in [2.24, 2.45) is 23.5 Å². The fourth-order valence-corrected chi connectivity index (χ4v) is 4.21. The van der Waals surface area contributed by atoms with Crippen LogP contribution in [0.25, 0.3) is 0 Å². The van der Waals surface area contributed by atoms with E-state index in [1.165, 1.54) is 6.07 Å². The summed E-state index contributed by atoms with van der Waals surface area (Å²) in [5.74, 6) is -0.767. The van der Waals surface area contributed by atoms with E-state index in [1.54, 1.807) is 0 Å². The Morgan fingerprint density at radius 2 is 1.70 bits per heavy atom. The van der Waals surface area contributed by atoms with Gasteiger partial charge in [0.1, 0.15) is 5.75 Å². The van der Waals surface area contributed by atoms with E-state index in [1.807, 2.05) is 0 Å². The molecule has 5 nitrogen and oxygen atoms in total. The normalized spacial score (nSPS) is 27.5. The van der Waals surface area contributed by atoms with Gasteiger partial charge in [-0.05, 0) is 49.7 Å². The third-order valence-electron chi connectivity index (χ3n) is 5.44. The molecule has 1 aromatic rings. The van der Waals surface area contributed by atoms with E-state index >= 15 is 0 Å². The number of fused-ring (bicyclic) bond motifs is 2. The van der Waals surface area contributed by atoms with E-state index < -0.39 is 19.0 Å². The van der Waals surface area contributed by atoms with Gasteiger partial charge in [0.15, 0.2) is 5.75 Å². The Labute approximate surface area is 154 Å². The van der Waals surface area contributed by atoms with Crippen LogP contribution in [0.2, 0.25) is 0 Å². The number of carbonyl (C=O) groups is 1. The van der Waals surface area contributed by atoms with Crippen LogP contribution >= 0.6 is 0 Å². The van der Waals surface area contributed by atoms with Gasteiger partial charge in [0, 0.05) is 18.0 Å². The van der Waals surface area contributed by atoms with Crippen molar-refractivity contribution in [3.63, 3.8) is 0 Å². The van der Waals surface area contributed by atoms with Crippen LogP contribution in [0.4, 0.5) is 23.2 Å². The van der Waals surface area contributed by atoms with E-state index in [0.717, 1.165) is 31.4 Å². The largest absolute Gasteiger partial charge is 0.435 e. The Bertz CT molecular complexity index is 660. The second-order valence-corrected chi connectivity index (χ2v) is 7.10. The molecule has 3 rings (SSSR count). The molecule has 2 bridgehead atoms. The fraction of sp³-hybridized carbons (Fsp3) is 0.611. The molecule has 2 atom stereocenters. The van der Waals surface area contributed by atoms with Gasteiger partial charge in [-0.25, -0.2) is 0 Å². The second kappa shape index (κ2) is 8.33. The van der Waals surface area contributed by atoms with Gasteiger partial charge in [0.05, 0.1) is 5.69 Å². The average Bonchev–Trinajstić information content (AvgIpc) is 2.55. The van der Waals surface area contributed by atoms with Gasteiger partial charge in [0.2, 0.25) is 5.91 Å². The van der Waals surface area contributed by atoms with Gasteiger partial charge in [-0.2, -0.15) is 17.6 Å². The lowest BCUT2D eigenvalue weighted by molar-refractivity contribution is -0.122. The van der Waals surface area contributed by atoms with Gasteiger partial charge in [-0.1, -0.05) is 6.42 Å². The molecule has 2 fully saturated rings. The third kappa shape index (κ3) is 4.82. The molecule has 0 spiro atoms. The standard InChI is InChI=1S/C18H22F4N2O3/c19-17(20)26-12-4-5-13(14(8-12)27-18(21)22)24-16(25)11-6-9-2-1-3-10(7-11)15(9)23/h4-5,8-11,15,17-18H,1-3,6-7,23H2,(H,24,25). The molecule has 150 valence electrons. The van der Waals surface area contributed by atoms with Crippen molar-refractivity contribution in [3.05, 3.63) is 18.2 Å². The Balaban J connectivity index is 1.72. The van der Waals surface area contributed by atoms with Crippen LogP contribution in [0, 0.1) is 17.8 Å². The molecule has 2 unspecified atom stereocenters. The van der Waals surface area contributed by atoms with E-state index in [9.17, 15) is 22.4 Å². The highest BCUT2D eigenvalue weighted by atomic mass is 19.3. The Morgan fingerprint density at radius 3 is 2.30 bits per heavy atom. The quantitative estimate of drug-likeness (QED) is 0.721. The molecule has 1 aromatic carbocycles. The molecule has 0 heterocycles. The number of nitrogens with one attached hydrogen (secondary N) is 1. The summed E-state index contributed by atoms with van der Waals surface area (Å²) in [6.45, 7) is -6.27. The molecule has 0 aliphatic heterocycles. The zero-order chi connectivity index (χ0) is 19.6. The first-order chi connectivity index (χ1) is 12.8. The molecular weight excluding hydrogens is 368 g/mol. The topological polar surface area (TPSA) is 73.6 Å². The molecule has 0 radical (unpaired) electrons. The minimum absolute atomic E-state index is 0.0121. The molecule has 2 saturated carbocycles. The monoisotopic (exact) mass is 390 g/mol. The zero-order valence-corrected chi connectivity index (χ0v) is 14.5. The Kier molecular flexibility index (Phi) is 6.08. The number of hydrogen-bond donors (Lipinski definition) is 2. The molecule has 2 aliphatic rings. The van der Waals surface area contributed by atoms with Crippen molar-refractivity contribution in [2.75, 3.05) is 5.32 Å². The highest BCUT2D eigenvalue weighted by Crippen LogP contribution is 2.42. The van der Waals surface area contributed by atoms with Crippen molar-refractivity contribution < 1.29 is 31.8 Å². The second-order valence-electron chi connectivity index (χ2n) is 7.10. The SMILES string of the molecule is NC1C2CCCC1CC(C(=O)Nc1ccc(OC(F)F)cc1OC(F)F)C2. The van der Waals surface area contributed by atoms with Crippen LogP contribution in [0.5, 0.6) is 11.5 Å². The van der Waals surface area contributed by atoms with E-state index in [2.05, 4.69) is 14.8 Å². The average molecular weight is 390 g/mol. The van der Waals surface area contributed by atoms with Crippen LogP contribution in [0.3, 0.4) is 0 Å². The van der Waals surface area contributed by atoms with Crippen LogP contribution in [0.15, 0.2) is 18.2 Å². The number of carbonyl (C=O) groups excluding carboxylic acids is 1. The van der Waals surface area contributed by atoms with Crippen molar-refractivity contribution in [1.82, 2.24) is 0 Å². The molecule has 0 aromatic heterocycles. The maximum Gasteiger partial charge on any atom is 0.387 e. The predicted molar refractivity (Wildman–Crippen MR) is 89.9 cm³/mol. The maximum atomic E-state index is 12.7. The highest BCUT2D eigenvalue weighted by Gasteiger charge is 2.40. The summed E-state index contributed by atoms with van der Waals surface area (Å²) >= 11 is 0. The summed E-state index contributed by atoms with van der Waals surface area (Å²) in [4.78, 5) is 12.7. The lowest BCUT2D eigenvalue weighted by Gasteiger charge is -2.43. The number of hydrogen-bond acceptors (Lipinski definition) is 4.